The second-order valence-corrected chi connectivity index (χ2v) is 7.87. The monoisotopic (exact) mass is 425 g/mol. The highest BCUT2D eigenvalue weighted by Gasteiger charge is 2.18. The van der Waals surface area contributed by atoms with Crippen LogP contribution in [0.1, 0.15) is 20.3 Å². The molecule has 0 saturated heterocycles. The first-order valence-corrected chi connectivity index (χ1v) is 11.3. The van der Waals surface area contributed by atoms with Crippen LogP contribution in [0.25, 0.3) is 44.5 Å². The van der Waals surface area contributed by atoms with Gasteiger partial charge in [-0.05, 0) is 49.6 Å². The fraction of sp³-hybridized carbons (Fsp3) is 0.269. The summed E-state index contributed by atoms with van der Waals surface area (Å²) in [6.45, 7) is 8.37. The molecular formula is C26H27N5O. The van der Waals surface area contributed by atoms with Crippen molar-refractivity contribution in [3.05, 3.63) is 60.7 Å². The van der Waals surface area contributed by atoms with E-state index >= 15 is 0 Å². The summed E-state index contributed by atoms with van der Waals surface area (Å²) in [6.07, 6.45) is 1.02. The van der Waals surface area contributed by atoms with Gasteiger partial charge in [-0.25, -0.2) is 15.0 Å². The van der Waals surface area contributed by atoms with Crippen LogP contribution in [-0.4, -0.2) is 46.0 Å². The quantitative estimate of drug-likeness (QED) is 0.320. The minimum absolute atomic E-state index is 0.487. The predicted octanol–water partition coefficient (Wildman–Crippen LogP) is 5.74. The van der Waals surface area contributed by atoms with E-state index in [-0.39, 0.29) is 0 Å². The first kappa shape index (κ1) is 20.4. The van der Waals surface area contributed by atoms with Gasteiger partial charge in [0.2, 0.25) is 5.89 Å². The first-order valence-electron chi connectivity index (χ1n) is 11.3. The maximum absolute atomic E-state index is 6.17. The lowest BCUT2D eigenvalue weighted by molar-refractivity contribution is 0.303. The maximum Gasteiger partial charge on any atom is 0.250 e. The topological polar surface area (TPSA) is 67.1 Å². The van der Waals surface area contributed by atoms with E-state index in [2.05, 4.69) is 42.3 Å². The van der Waals surface area contributed by atoms with Crippen molar-refractivity contribution in [3.63, 3.8) is 0 Å². The summed E-state index contributed by atoms with van der Waals surface area (Å²) in [5, 5.41) is 5.70. The van der Waals surface area contributed by atoms with E-state index in [1.165, 1.54) is 0 Å². The second kappa shape index (κ2) is 8.93. The van der Waals surface area contributed by atoms with Gasteiger partial charge in [0.15, 0.2) is 17.1 Å². The Morgan fingerprint density at radius 1 is 0.844 bits per heavy atom. The van der Waals surface area contributed by atoms with Gasteiger partial charge < -0.3 is 14.6 Å². The average Bonchev–Trinajstić information content (AvgIpc) is 3.28. The fourth-order valence-electron chi connectivity index (χ4n) is 4.08. The van der Waals surface area contributed by atoms with Crippen LogP contribution in [0.4, 0.5) is 5.82 Å². The average molecular weight is 426 g/mol. The molecule has 0 bridgehead atoms. The highest BCUT2D eigenvalue weighted by Crippen LogP contribution is 2.32. The van der Waals surface area contributed by atoms with Crippen molar-refractivity contribution in [1.82, 2.24) is 19.9 Å². The molecule has 0 unspecified atom stereocenters. The van der Waals surface area contributed by atoms with Crippen LogP contribution in [0.5, 0.6) is 0 Å². The number of para-hydroxylation sites is 2. The third-order valence-corrected chi connectivity index (χ3v) is 5.89. The van der Waals surface area contributed by atoms with Gasteiger partial charge in [0.05, 0.1) is 11.0 Å². The van der Waals surface area contributed by atoms with E-state index < -0.39 is 0 Å². The lowest BCUT2D eigenvalue weighted by atomic mass is 10.1. The van der Waals surface area contributed by atoms with Crippen molar-refractivity contribution in [3.8, 4) is 11.6 Å². The Bertz CT molecular complexity index is 1370. The van der Waals surface area contributed by atoms with E-state index in [1.807, 2.05) is 42.5 Å². The molecule has 0 atom stereocenters. The molecule has 0 aliphatic heterocycles. The summed E-state index contributed by atoms with van der Waals surface area (Å²) in [6, 6.07) is 20.1. The van der Waals surface area contributed by atoms with Crippen LogP contribution in [0.2, 0.25) is 0 Å². The molecule has 162 valence electrons. The Hall–Kier alpha value is -3.51. The van der Waals surface area contributed by atoms with Crippen LogP contribution < -0.4 is 5.32 Å². The fourth-order valence-corrected chi connectivity index (χ4v) is 4.08. The molecule has 0 aliphatic rings. The molecular weight excluding hydrogens is 398 g/mol. The Labute approximate surface area is 187 Å². The zero-order chi connectivity index (χ0) is 21.9. The number of hydrogen-bond acceptors (Lipinski definition) is 6. The highest BCUT2D eigenvalue weighted by atomic mass is 16.3. The molecule has 0 aliphatic carbocycles. The molecule has 0 fully saturated rings. The number of nitrogens with one attached hydrogen (secondary N) is 1. The Kier molecular flexibility index (Phi) is 5.69. The minimum Gasteiger partial charge on any atom is -0.435 e. The zero-order valence-corrected chi connectivity index (χ0v) is 18.5. The molecule has 6 heteroatoms. The number of rotatable bonds is 8. The zero-order valence-electron chi connectivity index (χ0n) is 18.5. The van der Waals surface area contributed by atoms with Crippen molar-refractivity contribution < 1.29 is 4.42 Å². The van der Waals surface area contributed by atoms with Gasteiger partial charge in [0.1, 0.15) is 5.52 Å². The molecule has 0 saturated carbocycles. The molecule has 0 amide bonds. The molecule has 3 aromatic carbocycles. The number of nitrogens with zero attached hydrogens (tertiary/aromatic N) is 4. The van der Waals surface area contributed by atoms with Crippen molar-refractivity contribution in [2.24, 2.45) is 0 Å². The van der Waals surface area contributed by atoms with E-state index in [0.29, 0.717) is 17.4 Å². The predicted molar refractivity (Wildman–Crippen MR) is 131 cm³/mol. The summed E-state index contributed by atoms with van der Waals surface area (Å²) >= 11 is 0. The summed E-state index contributed by atoms with van der Waals surface area (Å²) in [5.74, 6) is 1.19. The van der Waals surface area contributed by atoms with Crippen LogP contribution in [0.15, 0.2) is 65.1 Å². The Morgan fingerprint density at radius 3 is 2.41 bits per heavy atom. The molecule has 5 aromatic rings. The summed E-state index contributed by atoms with van der Waals surface area (Å²) < 4.78 is 6.17. The van der Waals surface area contributed by atoms with E-state index in [9.17, 15) is 0 Å². The highest BCUT2D eigenvalue weighted by molar-refractivity contribution is 6.04. The van der Waals surface area contributed by atoms with Gasteiger partial charge in [-0.3, -0.25) is 0 Å². The van der Waals surface area contributed by atoms with Crippen molar-refractivity contribution in [1.29, 1.82) is 0 Å². The molecule has 32 heavy (non-hydrogen) atoms. The summed E-state index contributed by atoms with van der Waals surface area (Å²) in [7, 11) is 0. The van der Waals surface area contributed by atoms with Crippen LogP contribution >= 0.6 is 0 Å². The first-order chi connectivity index (χ1) is 15.8. The molecule has 0 radical (unpaired) electrons. The number of fused-ring (bicyclic) bond motifs is 4. The van der Waals surface area contributed by atoms with Gasteiger partial charge in [-0.2, -0.15) is 0 Å². The third kappa shape index (κ3) is 3.89. The number of benzene rings is 3. The molecule has 2 heterocycles. The molecule has 6 nitrogen and oxygen atoms in total. The van der Waals surface area contributed by atoms with Crippen molar-refractivity contribution in [2.45, 2.75) is 20.3 Å². The van der Waals surface area contributed by atoms with Crippen LogP contribution in [0.3, 0.4) is 0 Å². The van der Waals surface area contributed by atoms with Gasteiger partial charge in [0.25, 0.3) is 0 Å². The summed E-state index contributed by atoms with van der Waals surface area (Å²) in [5.41, 5.74) is 3.92. The van der Waals surface area contributed by atoms with Crippen molar-refractivity contribution >= 4 is 38.7 Å². The molecule has 5 rings (SSSR count). The number of anilines is 1. The normalized spacial score (nSPS) is 11.7. The van der Waals surface area contributed by atoms with Crippen LogP contribution in [-0.2, 0) is 0 Å². The maximum atomic E-state index is 6.17. The standard InChI is InChI=1S/C26H27N5O/c1-3-31(4-2)17-9-16-27-25-24(28-20-12-7-8-13-21(20)29-25)26-30-23-19-11-6-5-10-18(19)14-15-22(23)32-26/h5-8,10-15H,3-4,9,16-17H2,1-2H3,(H,27,29). The lowest BCUT2D eigenvalue weighted by Crippen LogP contribution is -2.25. The molecule has 2 aromatic heterocycles. The Balaban J connectivity index is 1.53. The largest absolute Gasteiger partial charge is 0.435 e. The number of aromatic nitrogens is 3. The number of hydrogen-bond donors (Lipinski definition) is 1. The Morgan fingerprint density at radius 2 is 1.59 bits per heavy atom. The van der Waals surface area contributed by atoms with Crippen LogP contribution in [0, 0.1) is 0 Å². The van der Waals surface area contributed by atoms with Gasteiger partial charge in [0, 0.05) is 11.9 Å². The molecule has 0 spiro atoms. The SMILES string of the molecule is CCN(CC)CCCNc1nc2ccccc2nc1-c1nc2c(ccc3ccccc32)o1. The smallest absolute Gasteiger partial charge is 0.250 e. The lowest BCUT2D eigenvalue weighted by Gasteiger charge is -2.18. The minimum atomic E-state index is 0.487. The van der Waals surface area contributed by atoms with Gasteiger partial charge in [-0.1, -0.05) is 56.3 Å². The second-order valence-electron chi connectivity index (χ2n) is 7.87. The summed E-state index contributed by atoms with van der Waals surface area (Å²) in [4.78, 5) is 17.0. The van der Waals surface area contributed by atoms with Gasteiger partial charge in [-0.15, -0.1) is 0 Å². The van der Waals surface area contributed by atoms with Gasteiger partial charge >= 0.3 is 0 Å². The van der Waals surface area contributed by atoms with Crippen molar-refractivity contribution in [2.75, 3.05) is 31.5 Å². The van der Waals surface area contributed by atoms with E-state index in [1.54, 1.807) is 0 Å². The van der Waals surface area contributed by atoms with E-state index in [0.717, 1.165) is 65.5 Å². The number of oxazole rings is 1. The van der Waals surface area contributed by atoms with E-state index in [4.69, 9.17) is 19.4 Å². The third-order valence-electron chi connectivity index (χ3n) is 5.89. The molecule has 1 N–H and O–H groups in total.